The molecule has 1 saturated heterocycles. The van der Waals surface area contributed by atoms with Crippen molar-refractivity contribution in [1.29, 1.82) is 0 Å². The highest BCUT2D eigenvalue weighted by molar-refractivity contribution is 7.86. The molecule has 114 valence electrons. The van der Waals surface area contributed by atoms with E-state index in [1.807, 2.05) is 0 Å². The lowest BCUT2D eigenvalue weighted by Gasteiger charge is -2.29. The Morgan fingerprint density at radius 1 is 1.37 bits per heavy atom. The predicted molar refractivity (Wildman–Crippen MR) is 62.6 cm³/mol. The van der Waals surface area contributed by atoms with Crippen LogP contribution < -0.4 is 5.32 Å². The molecule has 1 aliphatic heterocycles. The standard InChI is InChI=1S/C9H19NO8S/c1-19(16,17)18-5(3-11)8(14)9(15)6-7(13)4(12)2-10-6/h4-15H,2-3H2,1H3/t4-,5+,6+,7+,8+,9+/m0/s1. The number of β-amino-alcohol motifs (C(OH)–C–C–N with tert-alkyl or cyclic N) is 1. The number of nitrogens with one attached hydrogen (secondary N) is 1. The molecule has 0 saturated carbocycles. The SMILES string of the molecule is CS(=O)(=O)O[C@H](CO)[C@@H](O)[C@H](O)[C@@H]1NC[C@H](O)[C@H]1O. The summed E-state index contributed by atoms with van der Waals surface area (Å²) in [5.74, 6) is 0. The van der Waals surface area contributed by atoms with Gasteiger partial charge >= 0.3 is 0 Å². The summed E-state index contributed by atoms with van der Waals surface area (Å²) in [7, 11) is -3.93. The van der Waals surface area contributed by atoms with Gasteiger partial charge in [0.15, 0.2) is 0 Å². The van der Waals surface area contributed by atoms with Gasteiger partial charge in [0.05, 0.1) is 31.1 Å². The molecule has 10 heteroatoms. The van der Waals surface area contributed by atoms with Crippen LogP contribution in [-0.4, -0.2) is 89.9 Å². The van der Waals surface area contributed by atoms with Gasteiger partial charge in [-0.1, -0.05) is 0 Å². The van der Waals surface area contributed by atoms with Gasteiger partial charge in [-0.3, -0.25) is 4.18 Å². The highest BCUT2D eigenvalue weighted by Gasteiger charge is 2.43. The molecule has 0 aromatic carbocycles. The van der Waals surface area contributed by atoms with E-state index in [1.54, 1.807) is 0 Å². The summed E-state index contributed by atoms with van der Waals surface area (Å²) >= 11 is 0. The molecule has 1 rings (SSSR count). The summed E-state index contributed by atoms with van der Waals surface area (Å²) in [5.41, 5.74) is 0. The fourth-order valence-corrected chi connectivity index (χ4v) is 2.54. The van der Waals surface area contributed by atoms with E-state index < -0.39 is 53.3 Å². The van der Waals surface area contributed by atoms with Crippen molar-refractivity contribution in [1.82, 2.24) is 5.32 Å². The molecule has 0 aromatic heterocycles. The maximum atomic E-state index is 10.9. The summed E-state index contributed by atoms with van der Waals surface area (Å²) in [5, 5.41) is 50.0. The van der Waals surface area contributed by atoms with Crippen molar-refractivity contribution in [3.05, 3.63) is 0 Å². The van der Waals surface area contributed by atoms with Gasteiger partial charge in [-0.2, -0.15) is 8.42 Å². The maximum Gasteiger partial charge on any atom is 0.264 e. The number of hydrogen-bond acceptors (Lipinski definition) is 9. The first-order chi connectivity index (χ1) is 8.67. The van der Waals surface area contributed by atoms with E-state index in [-0.39, 0.29) is 6.54 Å². The van der Waals surface area contributed by atoms with E-state index in [2.05, 4.69) is 9.50 Å². The highest BCUT2D eigenvalue weighted by atomic mass is 32.2. The lowest BCUT2D eigenvalue weighted by molar-refractivity contribution is -0.0906. The van der Waals surface area contributed by atoms with Gasteiger partial charge in [0, 0.05) is 6.54 Å². The number of hydrogen-bond donors (Lipinski definition) is 6. The molecule has 9 nitrogen and oxygen atoms in total. The molecule has 0 unspecified atom stereocenters. The normalized spacial score (nSPS) is 33.1. The minimum Gasteiger partial charge on any atom is -0.394 e. The van der Waals surface area contributed by atoms with Crippen molar-refractivity contribution in [3.8, 4) is 0 Å². The third-order valence-electron chi connectivity index (χ3n) is 2.90. The van der Waals surface area contributed by atoms with Crippen molar-refractivity contribution in [2.75, 3.05) is 19.4 Å². The van der Waals surface area contributed by atoms with Gasteiger partial charge in [-0.15, -0.1) is 0 Å². The van der Waals surface area contributed by atoms with Crippen LogP contribution in [0.25, 0.3) is 0 Å². The quantitative estimate of drug-likeness (QED) is 0.267. The largest absolute Gasteiger partial charge is 0.394 e. The van der Waals surface area contributed by atoms with Gasteiger partial charge < -0.3 is 30.8 Å². The molecule has 6 N–H and O–H groups in total. The second kappa shape index (κ2) is 6.41. The van der Waals surface area contributed by atoms with E-state index in [0.717, 1.165) is 6.26 Å². The van der Waals surface area contributed by atoms with Gasteiger partial charge in [0.2, 0.25) is 0 Å². The molecule has 1 fully saturated rings. The Balaban J connectivity index is 2.72. The van der Waals surface area contributed by atoms with Crippen molar-refractivity contribution < 1.29 is 38.1 Å². The second-order valence-electron chi connectivity index (χ2n) is 4.49. The molecule has 19 heavy (non-hydrogen) atoms. The molecule has 0 amide bonds. The first-order valence-corrected chi connectivity index (χ1v) is 7.43. The van der Waals surface area contributed by atoms with E-state index in [4.69, 9.17) is 5.11 Å². The number of aliphatic hydroxyl groups is 5. The molecule has 0 aliphatic carbocycles. The second-order valence-corrected chi connectivity index (χ2v) is 6.10. The third kappa shape index (κ3) is 4.33. The number of rotatable bonds is 6. The van der Waals surface area contributed by atoms with Crippen LogP contribution in [0, 0.1) is 0 Å². The zero-order chi connectivity index (χ0) is 14.8. The number of aliphatic hydroxyl groups excluding tert-OH is 5. The summed E-state index contributed by atoms with van der Waals surface area (Å²) < 4.78 is 26.3. The van der Waals surface area contributed by atoms with Gasteiger partial charge in [-0.25, -0.2) is 0 Å². The fourth-order valence-electron chi connectivity index (χ4n) is 1.91. The Morgan fingerprint density at radius 2 is 1.95 bits per heavy atom. The van der Waals surface area contributed by atoms with Crippen molar-refractivity contribution in [2.45, 2.75) is 36.6 Å². The van der Waals surface area contributed by atoms with E-state index in [0.29, 0.717) is 0 Å². The Labute approximate surface area is 110 Å². The molecule has 0 radical (unpaired) electrons. The molecular formula is C9H19NO8S. The minimum atomic E-state index is -3.93. The van der Waals surface area contributed by atoms with Gasteiger partial charge in [0.1, 0.15) is 18.3 Å². The predicted octanol–water partition coefficient (Wildman–Crippen LogP) is -4.26. The fraction of sp³-hybridized carbons (Fsp3) is 1.00. The summed E-state index contributed by atoms with van der Waals surface area (Å²) in [6.45, 7) is -0.816. The Bertz CT molecular complexity index is 388. The summed E-state index contributed by atoms with van der Waals surface area (Å²) in [6, 6.07) is -1.05. The van der Waals surface area contributed by atoms with Crippen molar-refractivity contribution >= 4 is 10.1 Å². The molecule has 0 spiro atoms. The van der Waals surface area contributed by atoms with Crippen LogP contribution in [0.5, 0.6) is 0 Å². The smallest absolute Gasteiger partial charge is 0.264 e. The Kier molecular flexibility index (Phi) is 5.65. The van der Waals surface area contributed by atoms with Gasteiger partial charge in [-0.05, 0) is 0 Å². The van der Waals surface area contributed by atoms with Crippen LogP contribution in [0.1, 0.15) is 0 Å². The third-order valence-corrected chi connectivity index (χ3v) is 3.50. The van der Waals surface area contributed by atoms with Crippen LogP contribution in [-0.2, 0) is 14.3 Å². The summed E-state index contributed by atoms with van der Waals surface area (Å²) in [4.78, 5) is 0. The van der Waals surface area contributed by atoms with E-state index >= 15 is 0 Å². The maximum absolute atomic E-state index is 10.9. The monoisotopic (exact) mass is 301 g/mol. The van der Waals surface area contributed by atoms with Crippen LogP contribution >= 0.6 is 0 Å². The van der Waals surface area contributed by atoms with Crippen LogP contribution in [0.4, 0.5) is 0 Å². The lowest BCUT2D eigenvalue weighted by Crippen LogP contribution is -2.54. The molecule has 1 heterocycles. The average molecular weight is 301 g/mol. The minimum absolute atomic E-state index is 0.0202. The zero-order valence-corrected chi connectivity index (χ0v) is 11.1. The molecule has 0 aromatic rings. The first kappa shape index (κ1) is 16.7. The molecule has 0 bridgehead atoms. The molecule has 6 atom stereocenters. The van der Waals surface area contributed by atoms with Crippen LogP contribution in [0.2, 0.25) is 0 Å². The van der Waals surface area contributed by atoms with Crippen LogP contribution in [0.15, 0.2) is 0 Å². The molecule has 1 aliphatic rings. The van der Waals surface area contributed by atoms with E-state index in [9.17, 15) is 28.8 Å². The lowest BCUT2D eigenvalue weighted by atomic mass is 9.97. The average Bonchev–Trinajstić information content (AvgIpc) is 2.64. The van der Waals surface area contributed by atoms with Gasteiger partial charge in [0.25, 0.3) is 10.1 Å². The molecular weight excluding hydrogens is 282 g/mol. The Morgan fingerprint density at radius 3 is 2.32 bits per heavy atom. The van der Waals surface area contributed by atoms with Crippen molar-refractivity contribution in [3.63, 3.8) is 0 Å². The summed E-state index contributed by atoms with van der Waals surface area (Å²) in [6.07, 6.45) is -6.61. The van der Waals surface area contributed by atoms with Crippen LogP contribution in [0.3, 0.4) is 0 Å². The topological polar surface area (TPSA) is 157 Å². The zero-order valence-electron chi connectivity index (χ0n) is 10.2. The van der Waals surface area contributed by atoms with Crippen molar-refractivity contribution in [2.24, 2.45) is 0 Å². The highest BCUT2D eigenvalue weighted by Crippen LogP contribution is 2.17. The Hall–Kier alpha value is -0.330. The van der Waals surface area contributed by atoms with E-state index in [1.165, 1.54) is 0 Å². The first-order valence-electron chi connectivity index (χ1n) is 5.62.